The Morgan fingerprint density at radius 2 is 2.00 bits per heavy atom. The van der Waals surface area contributed by atoms with Gasteiger partial charge in [0, 0.05) is 0 Å². The highest BCUT2D eigenvalue weighted by molar-refractivity contribution is 5.97. The zero-order valence-electron chi connectivity index (χ0n) is 12.3. The lowest BCUT2D eigenvalue weighted by Crippen LogP contribution is -2.42. The van der Waals surface area contributed by atoms with E-state index in [4.69, 9.17) is 5.11 Å². The molecule has 1 heterocycles. The Hall–Kier alpha value is -1.98. The number of rotatable bonds is 6. The number of nitrogens with one attached hydrogen (secondary N) is 1. The molecule has 0 aliphatic carbocycles. The van der Waals surface area contributed by atoms with Gasteiger partial charge in [0.1, 0.15) is 6.04 Å². The maximum Gasteiger partial charge on any atom is 0.326 e. The van der Waals surface area contributed by atoms with Crippen molar-refractivity contribution in [1.29, 1.82) is 0 Å². The molecule has 0 aliphatic rings. The molecule has 0 aliphatic heterocycles. The molecule has 0 bridgehead atoms. The van der Waals surface area contributed by atoms with E-state index in [1.165, 1.54) is 0 Å². The highest BCUT2D eigenvalue weighted by Gasteiger charge is 2.23. The molecule has 0 saturated heterocycles. The molecule has 6 heteroatoms. The lowest BCUT2D eigenvalue weighted by molar-refractivity contribution is -0.139. The Labute approximate surface area is 118 Å². The Bertz CT molecular complexity index is 500. The second-order valence-corrected chi connectivity index (χ2v) is 5.19. The summed E-state index contributed by atoms with van der Waals surface area (Å²) in [5.74, 6) is -1.25. The number of aliphatic carboxylic acids is 1. The van der Waals surface area contributed by atoms with Gasteiger partial charge < -0.3 is 10.4 Å². The quantitative estimate of drug-likeness (QED) is 0.824. The van der Waals surface area contributed by atoms with Gasteiger partial charge in [0.05, 0.1) is 17.0 Å². The molecule has 0 radical (unpaired) electrons. The van der Waals surface area contributed by atoms with Crippen LogP contribution in [0.3, 0.4) is 0 Å². The molecule has 1 atom stereocenters. The second kappa shape index (κ2) is 6.98. The minimum atomic E-state index is -1.02. The normalized spacial score (nSPS) is 12.2. The van der Waals surface area contributed by atoms with Crippen molar-refractivity contribution in [3.8, 4) is 0 Å². The molecule has 0 unspecified atom stereocenters. The first-order chi connectivity index (χ1) is 9.35. The molecule has 1 aromatic heterocycles. The maximum atomic E-state index is 12.2. The monoisotopic (exact) mass is 279 g/mol. The Kier molecular flexibility index (Phi) is 5.61. The van der Waals surface area contributed by atoms with Crippen molar-refractivity contribution in [3.63, 3.8) is 0 Å². The average Bonchev–Trinajstić information content (AvgIpc) is 2.37. The number of aryl methyl sites for hydroxylation is 2. The number of amides is 1. The van der Waals surface area contributed by atoms with Crippen LogP contribution in [-0.4, -0.2) is 33.2 Å². The molecule has 2 N–H and O–H groups in total. The van der Waals surface area contributed by atoms with Gasteiger partial charge in [0.25, 0.3) is 5.91 Å². The maximum absolute atomic E-state index is 12.2. The summed E-state index contributed by atoms with van der Waals surface area (Å²) >= 11 is 0. The van der Waals surface area contributed by atoms with Crippen molar-refractivity contribution in [3.05, 3.63) is 23.0 Å². The summed E-state index contributed by atoms with van der Waals surface area (Å²) in [6.45, 7) is 7.44. The molecule has 0 aromatic carbocycles. The number of nitrogens with zero attached hydrogens (tertiary/aromatic N) is 2. The largest absolute Gasteiger partial charge is 0.480 e. The predicted octanol–water partition coefficient (Wildman–Crippen LogP) is 1.58. The van der Waals surface area contributed by atoms with Gasteiger partial charge in [-0.15, -0.1) is 0 Å². The predicted molar refractivity (Wildman–Crippen MR) is 74.5 cm³/mol. The summed E-state index contributed by atoms with van der Waals surface area (Å²) in [6.07, 6.45) is 0.956. The van der Waals surface area contributed by atoms with E-state index in [9.17, 15) is 9.59 Å². The summed E-state index contributed by atoms with van der Waals surface area (Å²) in [4.78, 5) is 23.4. The number of hydrogen-bond acceptors (Lipinski definition) is 4. The van der Waals surface area contributed by atoms with Gasteiger partial charge in [0.15, 0.2) is 0 Å². The number of aromatic nitrogens is 2. The van der Waals surface area contributed by atoms with E-state index in [1.807, 2.05) is 20.8 Å². The van der Waals surface area contributed by atoms with Crippen molar-refractivity contribution in [1.82, 2.24) is 15.5 Å². The van der Waals surface area contributed by atoms with Crippen molar-refractivity contribution in [2.75, 3.05) is 0 Å². The zero-order chi connectivity index (χ0) is 15.3. The molecule has 6 nitrogen and oxygen atoms in total. The van der Waals surface area contributed by atoms with Crippen LogP contribution in [0.4, 0.5) is 0 Å². The lowest BCUT2D eigenvalue weighted by atomic mass is 10.0. The van der Waals surface area contributed by atoms with Crippen molar-refractivity contribution in [2.45, 2.75) is 46.6 Å². The van der Waals surface area contributed by atoms with Crippen LogP contribution in [0.25, 0.3) is 0 Å². The van der Waals surface area contributed by atoms with Crippen LogP contribution < -0.4 is 5.32 Å². The van der Waals surface area contributed by atoms with E-state index in [2.05, 4.69) is 15.5 Å². The fraction of sp³-hybridized carbons (Fsp3) is 0.571. The van der Waals surface area contributed by atoms with Gasteiger partial charge in [-0.2, -0.15) is 10.2 Å². The van der Waals surface area contributed by atoms with Crippen LogP contribution in [0.2, 0.25) is 0 Å². The van der Waals surface area contributed by atoms with Crippen molar-refractivity contribution < 1.29 is 14.7 Å². The van der Waals surface area contributed by atoms with Crippen LogP contribution >= 0.6 is 0 Å². The fourth-order valence-electron chi connectivity index (χ4n) is 1.90. The molecule has 0 spiro atoms. The molecule has 0 fully saturated rings. The molecule has 1 amide bonds. The van der Waals surface area contributed by atoms with Crippen LogP contribution in [-0.2, 0) is 11.2 Å². The molecule has 1 aromatic rings. The zero-order valence-corrected chi connectivity index (χ0v) is 12.3. The Balaban J connectivity index is 2.94. The van der Waals surface area contributed by atoms with Gasteiger partial charge in [-0.1, -0.05) is 20.8 Å². The summed E-state index contributed by atoms with van der Waals surface area (Å²) in [6, 6.07) is 0.746. The molecule has 20 heavy (non-hydrogen) atoms. The summed E-state index contributed by atoms with van der Waals surface area (Å²) < 4.78 is 0. The molecule has 0 saturated carbocycles. The minimum absolute atomic E-state index is 0.180. The first kappa shape index (κ1) is 16.1. The third kappa shape index (κ3) is 4.29. The van der Waals surface area contributed by atoms with E-state index in [0.717, 1.165) is 0 Å². The molecule has 1 rings (SSSR count). The van der Waals surface area contributed by atoms with E-state index in [-0.39, 0.29) is 5.92 Å². The van der Waals surface area contributed by atoms with E-state index < -0.39 is 17.9 Å². The van der Waals surface area contributed by atoms with Crippen molar-refractivity contribution >= 4 is 11.9 Å². The standard InChI is InChI=1S/C14H21N3O3/c1-5-11-10(7-9(4)16-17-11)13(18)15-12(14(19)20)6-8(2)3/h7-8,12H,5-6H2,1-4H3,(H,15,18)(H,19,20)/t12-/m1/s1. The third-order valence-electron chi connectivity index (χ3n) is 2.88. The average molecular weight is 279 g/mol. The summed E-state index contributed by atoms with van der Waals surface area (Å²) in [5.41, 5.74) is 1.60. The lowest BCUT2D eigenvalue weighted by Gasteiger charge is -2.17. The summed E-state index contributed by atoms with van der Waals surface area (Å²) in [5, 5.41) is 19.6. The number of hydrogen-bond donors (Lipinski definition) is 2. The first-order valence-corrected chi connectivity index (χ1v) is 6.72. The summed E-state index contributed by atoms with van der Waals surface area (Å²) in [7, 11) is 0. The number of carbonyl (C=O) groups is 2. The van der Waals surface area contributed by atoms with Crippen LogP contribution in [0.5, 0.6) is 0 Å². The van der Waals surface area contributed by atoms with E-state index in [1.54, 1.807) is 13.0 Å². The fourth-order valence-corrected chi connectivity index (χ4v) is 1.90. The number of carboxylic acids is 1. The smallest absolute Gasteiger partial charge is 0.326 e. The van der Waals surface area contributed by atoms with Gasteiger partial charge in [-0.3, -0.25) is 4.79 Å². The molecular weight excluding hydrogens is 258 g/mol. The Morgan fingerprint density at radius 1 is 1.35 bits per heavy atom. The Morgan fingerprint density at radius 3 is 2.50 bits per heavy atom. The van der Waals surface area contributed by atoms with Crippen molar-refractivity contribution in [2.24, 2.45) is 5.92 Å². The third-order valence-corrected chi connectivity index (χ3v) is 2.88. The topological polar surface area (TPSA) is 92.2 Å². The van der Waals surface area contributed by atoms with Gasteiger partial charge in [-0.25, -0.2) is 4.79 Å². The highest BCUT2D eigenvalue weighted by atomic mass is 16.4. The SMILES string of the molecule is CCc1nnc(C)cc1C(=O)N[C@H](CC(C)C)C(=O)O. The van der Waals surface area contributed by atoms with Crippen LogP contribution in [0.1, 0.15) is 48.9 Å². The highest BCUT2D eigenvalue weighted by Crippen LogP contribution is 2.10. The van der Waals surface area contributed by atoms with E-state index >= 15 is 0 Å². The number of carbonyl (C=O) groups excluding carboxylic acids is 1. The van der Waals surface area contributed by atoms with Gasteiger partial charge in [0.2, 0.25) is 0 Å². The molecule has 110 valence electrons. The van der Waals surface area contributed by atoms with Crippen LogP contribution in [0, 0.1) is 12.8 Å². The minimum Gasteiger partial charge on any atom is -0.480 e. The molecular formula is C14H21N3O3. The van der Waals surface area contributed by atoms with E-state index in [0.29, 0.717) is 29.8 Å². The number of carboxylic acid groups (broad SMARTS) is 1. The second-order valence-electron chi connectivity index (χ2n) is 5.19. The van der Waals surface area contributed by atoms with Gasteiger partial charge in [-0.05, 0) is 31.7 Å². The van der Waals surface area contributed by atoms with Gasteiger partial charge >= 0.3 is 5.97 Å². The first-order valence-electron chi connectivity index (χ1n) is 6.72. The van der Waals surface area contributed by atoms with Crippen LogP contribution in [0.15, 0.2) is 6.07 Å².